The molecule has 0 radical (unpaired) electrons. The van der Waals surface area contributed by atoms with E-state index in [4.69, 9.17) is 4.74 Å². The van der Waals surface area contributed by atoms with E-state index in [9.17, 15) is 19.5 Å². The molecule has 2 bridgehead atoms. The van der Waals surface area contributed by atoms with Crippen LogP contribution in [0.1, 0.15) is 58.1 Å². The summed E-state index contributed by atoms with van der Waals surface area (Å²) in [7, 11) is 0. The fraction of sp³-hybridized carbons (Fsp3) is 0.577. The molecule has 0 aromatic heterocycles. The van der Waals surface area contributed by atoms with Gasteiger partial charge in [0.15, 0.2) is 0 Å². The highest BCUT2D eigenvalue weighted by Gasteiger charge is 2.85. The number of nitrogens with one attached hydrogen (secondary N) is 2. The minimum absolute atomic E-state index is 0.199. The van der Waals surface area contributed by atoms with Crippen LogP contribution in [-0.2, 0) is 19.8 Å². The van der Waals surface area contributed by atoms with Crippen molar-refractivity contribution in [1.82, 2.24) is 10.2 Å². The minimum atomic E-state index is -1.52. The molecule has 5 atom stereocenters. The van der Waals surface area contributed by atoms with E-state index >= 15 is 0 Å². The summed E-state index contributed by atoms with van der Waals surface area (Å²) in [5.74, 6) is -0.501. The second kappa shape index (κ2) is 5.51. The van der Waals surface area contributed by atoms with Gasteiger partial charge in [0, 0.05) is 18.0 Å². The van der Waals surface area contributed by atoms with Gasteiger partial charge in [-0.1, -0.05) is 19.9 Å². The highest BCUT2D eigenvalue weighted by atomic mass is 16.5. The number of carbonyl (C=O) groups is 3. The molecule has 3 spiro atoms. The summed E-state index contributed by atoms with van der Waals surface area (Å²) in [5, 5.41) is 18.2. The van der Waals surface area contributed by atoms with Crippen LogP contribution in [0.3, 0.4) is 0 Å². The van der Waals surface area contributed by atoms with Crippen LogP contribution in [0.2, 0.25) is 0 Å². The molecule has 3 amide bonds. The number of hydrogen-bond donors (Lipinski definition) is 3. The van der Waals surface area contributed by atoms with Gasteiger partial charge in [-0.3, -0.25) is 14.4 Å². The summed E-state index contributed by atoms with van der Waals surface area (Å²) in [6, 6.07) is 3.69. The lowest BCUT2D eigenvalue weighted by Crippen LogP contribution is -2.83. The molecule has 0 unspecified atom stereocenters. The second-order valence-corrected chi connectivity index (χ2v) is 12.0. The van der Waals surface area contributed by atoms with Crippen molar-refractivity contribution in [2.45, 2.75) is 75.2 Å². The Labute approximate surface area is 197 Å². The van der Waals surface area contributed by atoms with Gasteiger partial charge in [0.05, 0.1) is 5.69 Å². The van der Waals surface area contributed by atoms with Crippen LogP contribution in [0.4, 0.5) is 5.69 Å². The molecule has 8 nitrogen and oxygen atoms in total. The van der Waals surface area contributed by atoms with E-state index in [1.165, 1.54) is 0 Å². The number of anilines is 1. The number of benzene rings is 1. The molecule has 1 saturated carbocycles. The number of fused-ring (bicyclic) bond motifs is 5. The molecule has 7 aliphatic rings. The summed E-state index contributed by atoms with van der Waals surface area (Å²) in [6.07, 6.45) is 4.33. The highest BCUT2D eigenvalue weighted by Crippen LogP contribution is 2.70. The third-order valence-corrected chi connectivity index (χ3v) is 9.90. The van der Waals surface area contributed by atoms with Crippen LogP contribution in [0, 0.1) is 11.3 Å². The Hall–Kier alpha value is -2.87. The van der Waals surface area contributed by atoms with E-state index in [2.05, 4.69) is 10.6 Å². The van der Waals surface area contributed by atoms with Gasteiger partial charge in [-0.2, -0.15) is 0 Å². The zero-order chi connectivity index (χ0) is 24.1. The summed E-state index contributed by atoms with van der Waals surface area (Å²) in [5.41, 5.74) is -3.02. The molecule has 5 fully saturated rings. The number of nitrogens with zero attached hydrogens (tertiary/aromatic N) is 1. The second-order valence-electron chi connectivity index (χ2n) is 12.0. The average molecular weight is 464 g/mol. The van der Waals surface area contributed by atoms with Crippen molar-refractivity contribution < 1.29 is 24.2 Å². The lowest BCUT2D eigenvalue weighted by atomic mass is 9.57. The van der Waals surface area contributed by atoms with E-state index < -0.39 is 33.6 Å². The first kappa shape index (κ1) is 20.5. The van der Waals surface area contributed by atoms with E-state index in [1.54, 1.807) is 4.90 Å². The van der Waals surface area contributed by atoms with Gasteiger partial charge in [0.2, 0.25) is 11.8 Å². The number of piperazine rings is 1. The number of amides is 3. The number of aliphatic hydroxyl groups excluding tert-OH is 1. The topological polar surface area (TPSA) is 108 Å². The van der Waals surface area contributed by atoms with Crippen LogP contribution < -0.4 is 15.4 Å². The maximum atomic E-state index is 14.0. The lowest BCUT2D eigenvalue weighted by molar-refractivity contribution is -0.180. The number of hydrogen-bond acceptors (Lipinski definition) is 5. The summed E-state index contributed by atoms with van der Waals surface area (Å²) in [6.45, 7) is 8.37. The van der Waals surface area contributed by atoms with Crippen molar-refractivity contribution >= 4 is 29.5 Å². The minimum Gasteiger partial charge on any atom is -0.483 e. The van der Waals surface area contributed by atoms with Crippen molar-refractivity contribution in [1.29, 1.82) is 0 Å². The predicted octanol–water partition coefficient (Wildman–Crippen LogP) is 1.71. The van der Waals surface area contributed by atoms with Gasteiger partial charge < -0.3 is 25.4 Å². The van der Waals surface area contributed by atoms with E-state index in [1.807, 2.05) is 52.0 Å². The van der Waals surface area contributed by atoms with Gasteiger partial charge in [-0.05, 0) is 62.3 Å². The van der Waals surface area contributed by atoms with Crippen molar-refractivity contribution in [2.24, 2.45) is 11.3 Å². The Morgan fingerprint density at radius 3 is 2.65 bits per heavy atom. The third-order valence-electron chi connectivity index (χ3n) is 9.90. The van der Waals surface area contributed by atoms with Crippen molar-refractivity contribution in [3.05, 3.63) is 29.3 Å². The maximum Gasteiger partial charge on any atom is 0.252 e. The standard InChI is InChI=1S/C26H29N3O5/c1-22(2)10-8-13-15(34-22)7-6-14-17(13)27-20(32)25(14)18(30)26-16(23(25,3)4)12-24(19(31)28-26)9-5-11-29(24)21(26)33/h6-8,10,16,18,30H,5,9,11-12H2,1-4H3,(H,27,32)(H,28,31)/t16-,18-,24+,25-,26+/m0/s1. The van der Waals surface area contributed by atoms with Crippen LogP contribution >= 0.6 is 0 Å². The van der Waals surface area contributed by atoms with Crippen molar-refractivity contribution in [3.8, 4) is 5.75 Å². The van der Waals surface area contributed by atoms with Crippen molar-refractivity contribution in [2.75, 3.05) is 11.9 Å². The maximum absolute atomic E-state index is 14.0. The molecule has 1 aliphatic carbocycles. The van der Waals surface area contributed by atoms with Crippen molar-refractivity contribution in [3.63, 3.8) is 0 Å². The molecule has 178 valence electrons. The quantitative estimate of drug-likeness (QED) is 0.543. The van der Waals surface area contributed by atoms with E-state index in [-0.39, 0.29) is 23.6 Å². The number of ether oxygens (including phenoxy) is 1. The molecule has 6 aliphatic heterocycles. The Morgan fingerprint density at radius 1 is 1.12 bits per heavy atom. The Bertz CT molecular complexity index is 1270. The number of aliphatic hydroxyl groups is 1. The van der Waals surface area contributed by atoms with Crippen LogP contribution in [0.5, 0.6) is 5.75 Å². The van der Waals surface area contributed by atoms with Gasteiger partial charge in [0.1, 0.15) is 33.9 Å². The first-order valence-electron chi connectivity index (χ1n) is 12.1. The van der Waals surface area contributed by atoms with Gasteiger partial charge in [-0.15, -0.1) is 0 Å². The Balaban J connectivity index is 1.47. The van der Waals surface area contributed by atoms with E-state index in [0.717, 1.165) is 12.0 Å². The number of carbonyl (C=O) groups excluding carboxylic acids is 3. The number of rotatable bonds is 0. The fourth-order valence-corrected chi connectivity index (χ4v) is 8.37. The SMILES string of the molecule is CC1(C)C=Cc2c(ccc3c2NC(=O)[C@@]32[C@H](O)[C@@]34NC(=O)[C@@]5(CCCN5C3=O)C[C@H]4C2(C)C)O1. The molecular formula is C26H29N3O5. The molecule has 1 aromatic carbocycles. The largest absolute Gasteiger partial charge is 0.483 e. The smallest absolute Gasteiger partial charge is 0.252 e. The molecule has 8 rings (SSSR count). The fourth-order valence-electron chi connectivity index (χ4n) is 8.37. The first-order valence-corrected chi connectivity index (χ1v) is 12.1. The zero-order valence-corrected chi connectivity index (χ0v) is 19.8. The van der Waals surface area contributed by atoms with Crippen LogP contribution in [0.25, 0.3) is 6.08 Å². The lowest BCUT2D eigenvalue weighted by Gasteiger charge is -2.59. The summed E-state index contributed by atoms with van der Waals surface area (Å²) in [4.78, 5) is 43.0. The van der Waals surface area contributed by atoms with Crippen LogP contribution in [-0.4, -0.2) is 57.1 Å². The van der Waals surface area contributed by atoms with Gasteiger partial charge in [0.25, 0.3) is 5.91 Å². The third kappa shape index (κ3) is 1.80. The predicted molar refractivity (Wildman–Crippen MR) is 123 cm³/mol. The Morgan fingerprint density at radius 2 is 1.88 bits per heavy atom. The monoisotopic (exact) mass is 463 g/mol. The molecule has 3 N–H and O–H groups in total. The average Bonchev–Trinajstić information content (AvgIpc) is 3.37. The zero-order valence-electron chi connectivity index (χ0n) is 19.8. The van der Waals surface area contributed by atoms with E-state index in [0.29, 0.717) is 36.4 Å². The summed E-state index contributed by atoms with van der Waals surface area (Å²) < 4.78 is 6.11. The first-order chi connectivity index (χ1) is 15.9. The van der Waals surface area contributed by atoms with Gasteiger partial charge >= 0.3 is 0 Å². The molecule has 6 heterocycles. The molecular weight excluding hydrogens is 434 g/mol. The highest BCUT2D eigenvalue weighted by molar-refractivity contribution is 6.13. The molecule has 1 aromatic rings. The number of piperidine rings is 2. The molecule has 4 saturated heterocycles. The summed E-state index contributed by atoms with van der Waals surface area (Å²) >= 11 is 0. The normalized spacial score (nSPS) is 41.6. The Kier molecular flexibility index (Phi) is 3.32. The molecule has 34 heavy (non-hydrogen) atoms. The van der Waals surface area contributed by atoms with Crippen LogP contribution in [0.15, 0.2) is 18.2 Å². The van der Waals surface area contributed by atoms with Gasteiger partial charge in [-0.25, -0.2) is 0 Å². The molecule has 8 heteroatoms.